The number of nitrogens with two attached hydrogens (primary N) is 1. The van der Waals surface area contributed by atoms with Crippen LogP contribution in [0.25, 0.3) is 0 Å². The van der Waals surface area contributed by atoms with E-state index in [1.807, 2.05) is 6.07 Å². The van der Waals surface area contributed by atoms with Gasteiger partial charge in [0.25, 0.3) is 5.69 Å². The zero-order valence-corrected chi connectivity index (χ0v) is 13.5. The van der Waals surface area contributed by atoms with E-state index in [0.717, 1.165) is 0 Å². The summed E-state index contributed by atoms with van der Waals surface area (Å²) in [5.74, 6) is -0.381. The topological polar surface area (TPSA) is 138 Å². The predicted molar refractivity (Wildman–Crippen MR) is 85.8 cm³/mol. The largest absolute Gasteiger partial charge is 0.454 e. The van der Waals surface area contributed by atoms with Crippen molar-refractivity contribution in [2.24, 2.45) is 5.73 Å². The molecule has 9 nitrogen and oxygen atoms in total. The third-order valence-electron chi connectivity index (χ3n) is 4.63. The zero-order chi connectivity index (χ0) is 18.4. The number of benzene rings is 1. The number of nitrogens with zero attached hydrogens (tertiary/aromatic N) is 2. The molecule has 2 aliphatic heterocycles. The number of fused-ring (bicyclic) bond motifs is 1. The van der Waals surface area contributed by atoms with Crippen LogP contribution in [-0.2, 0) is 9.53 Å². The molecule has 1 aliphatic carbocycles. The fraction of sp³-hybridized carbons (Fsp3) is 0.294. The molecule has 1 atom stereocenters. The number of nitro groups is 1. The molecular formula is C17H13N3O6. The third kappa shape index (κ3) is 2.27. The van der Waals surface area contributed by atoms with Gasteiger partial charge < -0.3 is 19.9 Å². The number of hydrogen-bond acceptors (Lipinski definition) is 8. The fourth-order valence-electron chi connectivity index (χ4n) is 3.50. The molecule has 0 radical (unpaired) electrons. The number of hydrogen-bond donors (Lipinski definition) is 1. The Labute approximate surface area is 147 Å². The number of carbonyl (C=O) groups excluding carboxylic acids is 1. The highest BCUT2D eigenvalue weighted by Crippen LogP contribution is 2.49. The van der Waals surface area contributed by atoms with Crippen molar-refractivity contribution in [3.63, 3.8) is 0 Å². The molecule has 0 saturated carbocycles. The van der Waals surface area contributed by atoms with Gasteiger partial charge >= 0.3 is 0 Å². The Morgan fingerprint density at radius 1 is 1.27 bits per heavy atom. The molecule has 0 aromatic heterocycles. The first-order valence-electron chi connectivity index (χ1n) is 7.93. The van der Waals surface area contributed by atoms with Crippen molar-refractivity contribution < 1.29 is 23.9 Å². The van der Waals surface area contributed by atoms with Gasteiger partial charge in [-0.3, -0.25) is 14.9 Å². The minimum absolute atomic E-state index is 0.0269. The number of nitriles is 1. The van der Waals surface area contributed by atoms with Crippen LogP contribution >= 0.6 is 0 Å². The van der Waals surface area contributed by atoms with Crippen molar-refractivity contribution in [1.82, 2.24) is 0 Å². The van der Waals surface area contributed by atoms with Gasteiger partial charge in [0.2, 0.25) is 12.7 Å². The number of ketones is 1. The summed E-state index contributed by atoms with van der Waals surface area (Å²) < 4.78 is 16.0. The number of Topliss-reactive ketones (excluding diaryl/α,β-unsaturated/α-hetero) is 1. The predicted octanol–water partition coefficient (Wildman–Crippen LogP) is 2.14. The van der Waals surface area contributed by atoms with E-state index in [4.69, 9.17) is 19.9 Å². The van der Waals surface area contributed by atoms with Crippen molar-refractivity contribution in [3.8, 4) is 17.6 Å². The Morgan fingerprint density at radius 2 is 2.00 bits per heavy atom. The average Bonchev–Trinajstić information content (AvgIpc) is 3.07. The molecule has 3 aliphatic rings. The summed E-state index contributed by atoms with van der Waals surface area (Å²) in [5, 5.41) is 21.2. The van der Waals surface area contributed by atoms with Gasteiger partial charge in [-0.15, -0.1) is 0 Å². The van der Waals surface area contributed by atoms with Crippen LogP contribution in [0.2, 0.25) is 0 Å². The van der Waals surface area contributed by atoms with Gasteiger partial charge in [-0.1, -0.05) is 0 Å². The second-order valence-corrected chi connectivity index (χ2v) is 6.06. The van der Waals surface area contributed by atoms with Crippen molar-refractivity contribution >= 4 is 11.5 Å². The van der Waals surface area contributed by atoms with E-state index in [1.54, 1.807) is 0 Å². The summed E-state index contributed by atoms with van der Waals surface area (Å²) in [7, 11) is 0. The van der Waals surface area contributed by atoms with Crippen LogP contribution in [0.3, 0.4) is 0 Å². The molecule has 0 amide bonds. The zero-order valence-electron chi connectivity index (χ0n) is 13.5. The second-order valence-electron chi connectivity index (χ2n) is 6.06. The summed E-state index contributed by atoms with van der Waals surface area (Å²) in [6.45, 7) is -0.0559. The minimum atomic E-state index is -0.966. The van der Waals surface area contributed by atoms with Crippen LogP contribution in [0.1, 0.15) is 30.7 Å². The van der Waals surface area contributed by atoms with E-state index in [9.17, 15) is 20.2 Å². The SMILES string of the molecule is N#CC1=C(N)OC2=C(C(=O)CCC2)[C@H]1c1cc2c(cc1[N+](=O)[O-])OCO2. The molecule has 0 fully saturated rings. The lowest BCUT2D eigenvalue weighted by molar-refractivity contribution is -0.385. The van der Waals surface area contributed by atoms with Crippen molar-refractivity contribution in [2.75, 3.05) is 6.79 Å². The van der Waals surface area contributed by atoms with Gasteiger partial charge in [0, 0.05) is 24.0 Å². The van der Waals surface area contributed by atoms with Crippen molar-refractivity contribution in [3.05, 3.63) is 50.6 Å². The minimum Gasteiger partial charge on any atom is -0.454 e. The molecule has 0 unspecified atom stereocenters. The van der Waals surface area contributed by atoms with Crippen molar-refractivity contribution in [2.45, 2.75) is 25.2 Å². The third-order valence-corrected chi connectivity index (χ3v) is 4.63. The Morgan fingerprint density at radius 3 is 2.69 bits per heavy atom. The molecule has 9 heteroatoms. The van der Waals surface area contributed by atoms with Crippen LogP contribution in [0, 0.1) is 21.4 Å². The first-order chi connectivity index (χ1) is 12.5. The smallest absolute Gasteiger partial charge is 0.277 e. The second kappa shape index (κ2) is 5.77. The lowest BCUT2D eigenvalue weighted by Crippen LogP contribution is -2.27. The Hall–Kier alpha value is -3.54. The summed E-state index contributed by atoms with van der Waals surface area (Å²) >= 11 is 0. The monoisotopic (exact) mass is 355 g/mol. The van der Waals surface area contributed by atoms with Crippen LogP contribution < -0.4 is 15.2 Å². The highest BCUT2D eigenvalue weighted by atomic mass is 16.7. The van der Waals surface area contributed by atoms with E-state index in [1.165, 1.54) is 12.1 Å². The molecule has 0 saturated heterocycles. The molecule has 26 heavy (non-hydrogen) atoms. The molecule has 132 valence electrons. The van der Waals surface area contributed by atoms with Gasteiger partial charge in [-0.2, -0.15) is 5.26 Å². The number of rotatable bonds is 2. The first kappa shape index (κ1) is 16.0. The van der Waals surface area contributed by atoms with Gasteiger partial charge in [0.1, 0.15) is 17.4 Å². The summed E-state index contributed by atoms with van der Waals surface area (Å²) in [5.41, 5.74) is 5.98. The highest BCUT2D eigenvalue weighted by molar-refractivity contribution is 5.99. The first-order valence-corrected chi connectivity index (χ1v) is 7.93. The van der Waals surface area contributed by atoms with Crippen molar-refractivity contribution in [1.29, 1.82) is 5.26 Å². The summed E-state index contributed by atoms with van der Waals surface area (Å²) in [4.78, 5) is 23.6. The summed E-state index contributed by atoms with van der Waals surface area (Å²) in [6, 6.07) is 4.62. The maximum Gasteiger partial charge on any atom is 0.277 e. The van der Waals surface area contributed by atoms with Gasteiger partial charge in [-0.05, 0) is 12.5 Å². The average molecular weight is 355 g/mol. The number of ether oxygens (including phenoxy) is 3. The number of allylic oxidation sites excluding steroid dienone is 3. The van der Waals surface area contributed by atoms with E-state index in [2.05, 4.69) is 0 Å². The van der Waals surface area contributed by atoms with E-state index in [-0.39, 0.29) is 53.0 Å². The lowest BCUT2D eigenvalue weighted by atomic mass is 9.77. The summed E-state index contributed by atoms with van der Waals surface area (Å²) in [6.07, 6.45) is 1.37. The molecule has 1 aromatic carbocycles. The normalized spacial score (nSPS) is 21.2. The van der Waals surface area contributed by atoms with E-state index < -0.39 is 10.8 Å². The fourth-order valence-corrected chi connectivity index (χ4v) is 3.50. The Balaban J connectivity index is 1.98. The molecule has 0 bridgehead atoms. The number of carbonyl (C=O) groups is 1. The molecule has 2 heterocycles. The van der Waals surface area contributed by atoms with Crippen LogP contribution in [0.5, 0.6) is 11.5 Å². The van der Waals surface area contributed by atoms with E-state index in [0.29, 0.717) is 24.4 Å². The highest BCUT2D eigenvalue weighted by Gasteiger charge is 2.41. The molecular weight excluding hydrogens is 342 g/mol. The van der Waals surface area contributed by atoms with Crippen LogP contribution in [0.4, 0.5) is 5.69 Å². The Bertz CT molecular complexity index is 956. The maximum absolute atomic E-state index is 12.6. The van der Waals surface area contributed by atoms with Gasteiger partial charge in [0.05, 0.1) is 16.9 Å². The lowest BCUT2D eigenvalue weighted by Gasteiger charge is -2.30. The van der Waals surface area contributed by atoms with Crippen LogP contribution in [-0.4, -0.2) is 17.5 Å². The molecule has 1 aromatic rings. The molecule has 4 rings (SSSR count). The number of nitro benzene ring substituents is 1. The van der Waals surface area contributed by atoms with Gasteiger partial charge in [-0.25, -0.2) is 0 Å². The molecule has 0 spiro atoms. The maximum atomic E-state index is 12.6. The standard InChI is InChI=1S/C17H13N3O6/c18-6-9-15(16-11(21)2-1-3-12(16)26-17(9)19)8-4-13-14(25-7-24-13)5-10(8)20(22)23/h4-5,15H,1-3,7,19H2/t15-/m0/s1. The van der Waals surface area contributed by atoms with Gasteiger partial charge in [0.15, 0.2) is 17.3 Å². The quantitative estimate of drug-likeness (QED) is 0.629. The van der Waals surface area contributed by atoms with Crippen LogP contribution in [0.15, 0.2) is 34.9 Å². The van der Waals surface area contributed by atoms with E-state index >= 15 is 0 Å². The molecule has 2 N–H and O–H groups in total. The Kier molecular flexibility index (Phi) is 3.54.